The molecular formula is C49H86O11. The van der Waals surface area contributed by atoms with Crippen molar-refractivity contribution in [3.8, 4) is 0 Å². The van der Waals surface area contributed by atoms with E-state index in [9.17, 15) is 34.8 Å². The second kappa shape index (κ2) is 39.3. The lowest BCUT2D eigenvalue weighted by atomic mass is 9.99. The van der Waals surface area contributed by atoms with Crippen molar-refractivity contribution in [3.63, 3.8) is 0 Å². The standard InChI is InChI=1S/C49H86O11/c1-3-5-7-9-11-13-15-17-18-19-20-21-22-23-24-26-28-30-32-34-36-38-43(51)59-41(40-58-49-46(54)44(52)45(53)47(60-49)48(55)56)39-57-42(50)37-35-33-31-29-27-25-16-14-12-10-8-6-4-2/h6,8,12,14,25,27,41,44-47,49,52-54H,3-5,7,9-11,13,15-24,26,28-40H2,1-2H3,(H,55,56)/b8-6-,14-12-,27-25-. The monoisotopic (exact) mass is 851 g/mol. The highest BCUT2D eigenvalue weighted by Gasteiger charge is 2.47. The normalized spacial score (nSPS) is 20.1. The molecule has 11 heteroatoms. The number of ether oxygens (including phenoxy) is 4. The van der Waals surface area contributed by atoms with Crippen molar-refractivity contribution < 1.29 is 53.8 Å². The second-order valence-corrected chi connectivity index (χ2v) is 16.6. The van der Waals surface area contributed by atoms with Gasteiger partial charge in [0.2, 0.25) is 0 Å². The van der Waals surface area contributed by atoms with E-state index >= 15 is 0 Å². The molecule has 0 aromatic carbocycles. The number of esters is 2. The van der Waals surface area contributed by atoms with Crippen LogP contribution in [-0.4, -0.2) is 88.4 Å². The average Bonchev–Trinajstić information content (AvgIpc) is 3.23. The Balaban J connectivity index is 2.31. The van der Waals surface area contributed by atoms with Crippen molar-refractivity contribution in [2.45, 2.75) is 243 Å². The van der Waals surface area contributed by atoms with Crippen molar-refractivity contribution in [2.24, 2.45) is 0 Å². The summed E-state index contributed by atoms with van der Waals surface area (Å²) in [5.41, 5.74) is 0. The third-order valence-electron chi connectivity index (χ3n) is 11.0. The molecule has 0 amide bonds. The number of carbonyl (C=O) groups is 3. The molecule has 348 valence electrons. The van der Waals surface area contributed by atoms with Gasteiger partial charge in [-0.25, -0.2) is 4.79 Å². The third kappa shape index (κ3) is 30.5. The fourth-order valence-corrected chi connectivity index (χ4v) is 7.25. The molecule has 1 fully saturated rings. The fourth-order valence-electron chi connectivity index (χ4n) is 7.25. The van der Waals surface area contributed by atoms with Crippen molar-refractivity contribution in [1.82, 2.24) is 0 Å². The number of aliphatic hydroxyl groups excluding tert-OH is 3. The molecule has 1 aliphatic rings. The van der Waals surface area contributed by atoms with Crippen LogP contribution in [0.4, 0.5) is 0 Å². The molecule has 1 heterocycles. The van der Waals surface area contributed by atoms with Crippen LogP contribution in [0.25, 0.3) is 0 Å². The molecule has 11 nitrogen and oxygen atoms in total. The van der Waals surface area contributed by atoms with Crippen LogP contribution in [0.3, 0.4) is 0 Å². The summed E-state index contributed by atoms with van der Waals surface area (Å²) < 4.78 is 21.7. The lowest BCUT2D eigenvalue weighted by molar-refractivity contribution is -0.298. The van der Waals surface area contributed by atoms with Crippen LogP contribution < -0.4 is 0 Å². The molecule has 0 aromatic heterocycles. The minimum atomic E-state index is -1.86. The molecule has 0 aliphatic carbocycles. The first-order chi connectivity index (χ1) is 29.2. The summed E-state index contributed by atoms with van der Waals surface area (Å²) in [6, 6.07) is 0. The van der Waals surface area contributed by atoms with E-state index < -0.39 is 61.3 Å². The summed E-state index contributed by atoms with van der Waals surface area (Å²) in [5.74, 6) is -2.47. The Labute approximate surface area is 363 Å². The first-order valence-electron chi connectivity index (χ1n) is 24.0. The maximum Gasteiger partial charge on any atom is 0.335 e. The molecule has 0 saturated carbocycles. The topological polar surface area (TPSA) is 169 Å². The van der Waals surface area contributed by atoms with E-state index in [4.69, 9.17) is 18.9 Å². The van der Waals surface area contributed by atoms with Crippen LogP contribution in [0.1, 0.15) is 206 Å². The highest BCUT2D eigenvalue weighted by molar-refractivity contribution is 5.73. The van der Waals surface area contributed by atoms with Gasteiger partial charge in [0.1, 0.15) is 24.9 Å². The van der Waals surface area contributed by atoms with Crippen molar-refractivity contribution >= 4 is 17.9 Å². The van der Waals surface area contributed by atoms with Crippen molar-refractivity contribution in [2.75, 3.05) is 13.2 Å². The first kappa shape index (κ1) is 55.4. The summed E-state index contributed by atoms with van der Waals surface area (Å²) in [5, 5.41) is 39.8. The summed E-state index contributed by atoms with van der Waals surface area (Å²) in [6.45, 7) is 3.69. The summed E-state index contributed by atoms with van der Waals surface area (Å²) >= 11 is 0. The number of hydrogen-bond acceptors (Lipinski definition) is 10. The van der Waals surface area contributed by atoms with E-state index in [2.05, 4.69) is 50.3 Å². The quantitative estimate of drug-likeness (QED) is 0.0263. The van der Waals surface area contributed by atoms with Gasteiger partial charge in [0.05, 0.1) is 6.61 Å². The molecule has 0 spiro atoms. The molecule has 0 aromatic rings. The maximum atomic E-state index is 12.8. The number of carboxylic acids is 1. The number of unbranched alkanes of at least 4 members (excludes halogenated alkanes) is 23. The van der Waals surface area contributed by atoms with Gasteiger partial charge in [-0.2, -0.15) is 0 Å². The molecule has 4 N–H and O–H groups in total. The molecule has 0 bridgehead atoms. The molecular weight excluding hydrogens is 765 g/mol. The van der Waals surface area contributed by atoms with Crippen LogP contribution in [0.5, 0.6) is 0 Å². The molecule has 1 rings (SSSR count). The molecule has 60 heavy (non-hydrogen) atoms. The van der Waals surface area contributed by atoms with Crippen molar-refractivity contribution in [1.29, 1.82) is 0 Å². The van der Waals surface area contributed by atoms with Crippen LogP contribution in [0.2, 0.25) is 0 Å². The van der Waals surface area contributed by atoms with E-state index in [0.29, 0.717) is 12.8 Å². The molecule has 0 radical (unpaired) electrons. The number of aliphatic hydroxyl groups is 3. The number of allylic oxidation sites excluding steroid dienone is 6. The Morgan fingerprint density at radius 1 is 0.533 bits per heavy atom. The number of hydrogen-bond donors (Lipinski definition) is 4. The summed E-state index contributed by atoms with van der Waals surface area (Å²) in [6.07, 6.45) is 36.4. The van der Waals surface area contributed by atoms with Gasteiger partial charge in [-0.1, -0.05) is 185 Å². The number of carbonyl (C=O) groups excluding carboxylic acids is 2. The van der Waals surface area contributed by atoms with E-state index in [1.807, 2.05) is 0 Å². The smallest absolute Gasteiger partial charge is 0.335 e. The van der Waals surface area contributed by atoms with Crippen LogP contribution in [0, 0.1) is 0 Å². The van der Waals surface area contributed by atoms with Crippen LogP contribution in [0.15, 0.2) is 36.5 Å². The van der Waals surface area contributed by atoms with Crippen LogP contribution in [-0.2, 0) is 33.3 Å². The van der Waals surface area contributed by atoms with E-state index in [0.717, 1.165) is 57.8 Å². The van der Waals surface area contributed by atoms with Crippen molar-refractivity contribution in [3.05, 3.63) is 36.5 Å². The van der Waals surface area contributed by atoms with Gasteiger partial charge in [0.15, 0.2) is 18.5 Å². The van der Waals surface area contributed by atoms with Gasteiger partial charge in [0, 0.05) is 12.8 Å². The van der Waals surface area contributed by atoms with Gasteiger partial charge in [0.25, 0.3) is 0 Å². The summed E-state index contributed by atoms with van der Waals surface area (Å²) in [7, 11) is 0. The number of aliphatic carboxylic acids is 1. The van der Waals surface area contributed by atoms with Gasteiger partial charge < -0.3 is 39.4 Å². The lowest BCUT2D eigenvalue weighted by Gasteiger charge is -2.38. The fraction of sp³-hybridized carbons (Fsp3) is 0.816. The van der Waals surface area contributed by atoms with Gasteiger partial charge in [-0.3, -0.25) is 9.59 Å². The second-order valence-electron chi connectivity index (χ2n) is 16.6. The predicted molar refractivity (Wildman–Crippen MR) is 238 cm³/mol. The van der Waals surface area contributed by atoms with E-state index in [1.54, 1.807) is 0 Å². The Morgan fingerprint density at radius 2 is 0.983 bits per heavy atom. The van der Waals surface area contributed by atoms with E-state index in [-0.39, 0.29) is 19.4 Å². The number of rotatable bonds is 40. The van der Waals surface area contributed by atoms with Gasteiger partial charge in [-0.15, -0.1) is 0 Å². The molecule has 6 unspecified atom stereocenters. The highest BCUT2D eigenvalue weighted by atomic mass is 16.7. The molecule has 6 atom stereocenters. The SMILES string of the molecule is CC/C=C\C/C=C\C/C=C\CCCCCC(=O)OCC(COC1OC(C(=O)O)C(O)C(O)C1O)OC(=O)CCCCCCCCCCCCCCCCCCCCCCC. The Morgan fingerprint density at radius 3 is 1.48 bits per heavy atom. The first-order valence-corrected chi connectivity index (χ1v) is 24.0. The zero-order chi connectivity index (χ0) is 43.9. The average molecular weight is 851 g/mol. The Hall–Kier alpha value is -2.57. The van der Waals surface area contributed by atoms with Gasteiger partial charge >= 0.3 is 17.9 Å². The molecule has 1 saturated heterocycles. The lowest BCUT2D eigenvalue weighted by Crippen LogP contribution is -2.60. The van der Waals surface area contributed by atoms with E-state index in [1.165, 1.54) is 109 Å². The Kier molecular flexibility index (Phi) is 36.3. The predicted octanol–water partition coefficient (Wildman–Crippen LogP) is 10.8. The third-order valence-corrected chi connectivity index (χ3v) is 11.0. The minimum Gasteiger partial charge on any atom is -0.479 e. The minimum absolute atomic E-state index is 0.180. The zero-order valence-electron chi connectivity index (χ0n) is 37.7. The molecule has 1 aliphatic heterocycles. The highest BCUT2D eigenvalue weighted by Crippen LogP contribution is 2.23. The maximum absolute atomic E-state index is 12.8. The largest absolute Gasteiger partial charge is 0.479 e. The Bertz CT molecular complexity index is 1140. The van der Waals surface area contributed by atoms with Crippen LogP contribution >= 0.6 is 0 Å². The zero-order valence-corrected chi connectivity index (χ0v) is 37.7. The summed E-state index contributed by atoms with van der Waals surface area (Å²) in [4.78, 5) is 36.8. The number of carboxylic acid groups (broad SMARTS) is 1. The van der Waals surface area contributed by atoms with Gasteiger partial charge in [-0.05, 0) is 44.9 Å².